The van der Waals surface area contributed by atoms with E-state index in [1.54, 1.807) is 48.2 Å². The van der Waals surface area contributed by atoms with Gasteiger partial charge in [0.25, 0.3) is 0 Å². The molecule has 1 aromatic heterocycles. The molecule has 0 N–H and O–H groups in total. The summed E-state index contributed by atoms with van der Waals surface area (Å²) in [5, 5.41) is 2.55. The second-order valence-corrected chi connectivity index (χ2v) is 8.15. The monoisotopic (exact) mass is 348 g/mol. The third-order valence-electron chi connectivity index (χ3n) is 4.13. The van der Waals surface area contributed by atoms with Gasteiger partial charge in [-0.05, 0) is 25.3 Å². The normalized spacial score (nSPS) is 16.3. The number of hydrogen-bond donors (Lipinski definition) is 0. The summed E-state index contributed by atoms with van der Waals surface area (Å²) in [5.41, 5.74) is 0.817. The maximum atomic E-state index is 13.0. The second kappa shape index (κ2) is 6.76. The van der Waals surface area contributed by atoms with Crippen molar-refractivity contribution in [2.75, 3.05) is 13.1 Å². The Kier molecular flexibility index (Phi) is 4.71. The van der Waals surface area contributed by atoms with Crippen LogP contribution in [0.15, 0.2) is 40.9 Å². The predicted molar refractivity (Wildman–Crippen MR) is 88.9 cm³/mol. The highest BCUT2D eigenvalue weighted by molar-refractivity contribution is 7.91. The molecule has 0 spiro atoms. The average molecular weight is 348 g/mol. The van der Waals surface area contributed by atoms with Gasteiger partial charge in [0, 0.05) is 19.2 Å². The van der Waals surface area contributed by atoms with Crippen LogP contribution in [0.5, 0.6) is 0 Å². The molecule has 0 aliphatic carbocycles. The predicted octanol–water partition coefficient (Wildman–Crippen LogP) is 2.26. The highest BCUT2D eigenvalue weighted by Gasteiger charge is 2.38. The number of benzene rings is 1. The lowest BCUT2D eigenvalue weighted by Crippen LogP contribution is -2.36. The number of nitrogens with zero attached hydrogens (tertiary/aromatic N) is 2. The van der Waals surface area contributed by atoms with E-state index in [0.717, 1.165) is 12.8 Å². The Hall–Kier alpha value is -2.15. The summed E-state index contributed by atoms with van der Waals surface area (Å²) in [5.74, 6) is -0.120. The molecule has 1 unspecified atom stereocenters. The molecule has 7 heteroatoms. The summed E-state index contributed by atoms with van der Waals surface area (Å²) in [6.45, 7) is 2.93. The summed E-state index contributed by atoms with van der Waals surface area (Å²) in [6.07, 6.45) is 1.82. The zero-order chi connectivity index (χ0) is 17.2. The van der Waals surface area contributed by atoms with Crippen molar-refractivity contribution >= 4 is 15.7 Å². The van der Waals surface area contributed by atoms with Gasteiger partial charge in [0.2, 0.25) is 5.91 Å². The third-order valence-corrected chi connectivity index (χ3v) is 6.02. The quantitative estimate of drug-likeness (QED) is 0.828. The van der Waals surface area contributed by atoms with Crippen LogP contribution in [0.2, 0.25) is 0 Å². The van der Waals surface area contributed by atoms with Crippen molar-refractivity contribution in [3.63, 3.8) is 0 Å². The van der Waals surface area contributed by atoms with Crippen LogP contribution >= 0.6 is 0 Å². The number of hydrogen-bond acceptors (Lipinski definition) is 5. The van der Waals surface area contributed by atoms with Crippen LogP contribution in [0.3, 0.4) is 0 Å². The number of rotatable bonds is 5. The second-order valence-electron chi connectivity index (χ2n) is 6.06. The number of aromatic nitrogens is 1. The molecule has 6 nitrogen and oxygen atoms in total. The molecule has 24 heavy (non-hydrogen) atoms. The maximum Gasteiger partial charge on any atom is 0.245 e. The minimum absolute atomic E-state index is 0.316. The van der Waals surface area contributed by atoms with Crippen LogP contribution < -0.4 is 0 Å². The number of aryl methyl sites for hydroxylation is 1. The molecule has 1 aliphatic heterocycles. The molecule has 1 atom stereocenters. The van der Waals surface area contributed by atoms with Crippen LogP contribution in [-0.2, 0) is 20.4 Å². The van der Waals surface area contributed by atoms with Gasteiger partial charge in [0.15, 0.2) is 15.1 Å². The first-order chi connectivity index (χ1) is 11.5. The Morgan fingerprint density at radius 1 is 1.25 bits per heavy atom. The van der Waals surface area contributed by atoms with Crippen molar-refractivity contribution in [3.8, 4) is 0 Å². The number of carbonyl (C=O) groups excluding carboxylic acids is 1. The zero-order valence-electron chi connectivity index (χ0n) is 13.5. The average Bonchev–Trinajstić information content (AvgIpc) is 3.19. The lowest BCUT2D eigenvalue weighted by atomic mass is 10.1. The molecule has 3 rings (SSSR count). The summed E-state index contributed by atoms with van der Waals surface area (Å²) in [6, 6.07) is 10.2. The summed E-state index contributed by atoms with van der Waals surface area (Å²) >= 11 is 0. The van der Waals surface area contributed by atoms with E-state index in [1.165, 1.54) is 0 Å². The lowest BCUT2D eigenvalue weighted by Gasteiger charge is -2.23. The van der Waals surface area contributed by atoms with Crippen molar-refractivity contribution in [3.05, 3.63) is 53.4 Å². The van der Waals surface area contributed by atoms with E-state index < -0.39 is 15.1 Å². The van der Waals surface area contributed by atoms with E-state index in [9.17, 15) is 13.2 Å². The Morgan fingerprint density at radius 3 is 2.50 bits per heavy atom. The first-order valence-electron chi connectivity index (χ1n) is 7.95. The molecule has 2 aromatic rings. The topological polar surface area (TPSA) is 80.5 Å². The fourth-order valence-electron chi connectivity index (χ4n) is 3.01. The molecule has 0 saturated carbocycles. The Morgan fingerprint density at radius 2 is 1.92 bits per heavy atom. The minimum Gasteiger partial charge on any atom is -0.361 e. The van der Waals surface area contributed by atoms with E-state index in [2.05, 4.69) is 5.16 Å². The fraction of sp³-hybridized carbons (Fsp3) is 0.412. The number of carbonyl (C=O) groups is 1. The molecule has 1 aliphatic rings. The summed E-state index contributed by atoms with van der Waals surface area (Å²) < 4.78 is 30.9. The van der Waals surface area contributed by atoms with Gasteiger partial charge >= 0.3 is 0 Å². The van der Waals surface area contributed by atoms with Gasteiger partial charge in [-0.15, -0.1) is 0 Å². The molecule has 1 amide bonds. The number of likely N-dealkylation sites (tertiary alicyclic amines) is 1. The SMILES string of the molecule is Cc1cc(CS(=O)(=O)C(C(=O)N2CCCC2)c2ccccc2)no1. The van der Waals surface area contributed by atoms with Crippen LogP contribution in [0.1, 0.15) is 35.1 Å². The Bertz CT molecular complexity index is 808. The van der Waals surface area contributed by atoms with Crippen molar-refractivity contribution in [2.45, 2.75) is 30.8 Å². The molecule has 1 fully saturated rings. The van der Waals surface area contributed by atoms with Crippen molar-refractivity contribution in [2.24, 2.45) is 0 Å². The maximum absolute atomic E-state index is 13.0. The molecule has 0 radical (unpaired) electrons. The fourth-order valence-corrected chi connectivity index (χ4v) is 4.75. The molecule has 0 bridgehead atoms. The van der Waals surface area contributed by atoms with E-state index in [0.29, 0.717) is 30.1 Å². The van der Waals surface area contributed by atoms with Gasteiger partial charge in [-0.3, -0.25) is 4.79 Å². The van der Waals surface area contributed by atoms with Crippen molar-refractivity contribution in [1.82, 2.24) is 10.1 Å². The van der Waals surface area contributed by atoms with Crippen molar-refractivity contribution < 1.29 is 17.7 Å². The van der Waals surface area contributed by atoms with E-state index >= 15 is 0 Å². The Labute approximate surface area is 141 Å². The van der Waals surface area contributed by atoms with Gasteiger partial charge in [0.05, 0.1) is 11.4 Å². The van der Waals surface area contributed by atoms with Crippen LogP contribution in [-0.4, -0.2) is 37.5 Å². The van der Waals surface area contributed by atoms with E-state index in [1.807, 2.05) is 0 Å². The van der Waals surface area contributed by atoms with Gasteiger partial charge in [-0.2, -0.15) is 0 Å². The summed E-state index contributed by atoms with van der Waals surface area (Å²) in [7, 11) is -3.77. The third kappa shape index (κ3) is 3.51. The first-order valence-corrected chi connectivity index (χ1v) is 9.66. The number of sulfone groups is 1. The molecule has 2 heterocycles. The molecular weight excluding hydrogens is 328 g/mol. The highest BCUT2D eigenvalue weighted by atomic mass is 32.2. The summed E-state index contributed by atoms with van der Waals surface area (Å²) in [4.78, 5) is 14.5. The van der Waals surface area contributed by atoms with Gasteiger partial charge < -0.3 is 9.42 Å². The van der Waals surface area contributed by atoms with Crippen LogP contribution in [0.25, 0.3) is 0 Å². The van der Waals surface area contributed by atoms with Crippen LogP contribution in [0.4, 0.5) is 0 Å². The molecule has 128 valence electrons. The number of amides is 1. The van der Waals surface area contributed by atoms with Gasteiger partial charge in [-0.25, -0.2) is 8.42 Å². The standard InChI is InChI=1S/C17H20N2O4S/c1-13-11-15(18-23-13)12-24(21,22)16(14-7-3-2-4-8-14)17(20)19-9-5-6-10-19/h2-4,7-8,11,16H,5-6,9-10,12H2,1H3. The lowest BCUT2D eigenvalue weighted by molar-refractivity contribution is -0.129. The minimum atomic E-state index is -3.77. The molecule has 1 aromatic carbocycles. The highest BCUT2D eigenvalue weighted by Crippen LogP contribution is 2.29. The van der Waals surface area contributed by atoms with E-state index in [4.69, 9.17) is 4.52 Å². The van der Waals surface area contributed by atoms with Gasteiger partial charge in [-0.1, -0.05) is 35.5 Å². The van der Waals surface area contributed by atoms with Crippen LogP contribution in [0, 0.1) is 6.92 Å². The van der Waals surface area contributed by atoms with E-state index in [-0.39, 0.29) is 11.7 Å². The van der Waals surface area contributed by atoms with Gasteiger partial charge in [0.1, 0.15) is 5.76 Å². The first kappa shape index (κ1) is 16.7. The molecular formula is C17H20N2O4S. The Balaban J connectivity index is 1.95. The largest absolute Gasteiger partial charge is 0.361 e. The molecule has 1 saturated heterocycles. The smallest absolute Gasteiger partial charge is 0.245 e. The van der Waals surface area contributed by atoms with Crippen molar-refractivity contribution in [1.29, 1.82) is 0 Å². The zero-order valence-corrected chi connectivity index (χ0v) is 14.3.